The second-order valence-electron chi connectivity index (χ2n) is 3.39. The van der Waals surface area contributed by atoms with Gasteiger partial charge in [0.05, 0.1) is 21.3 Å². The Hall–Kier alpha value is -1.97. The van der Waals surface area contributed by atoms with Gasteiger partial charge in [0.2, 0.25) is 0 Å². The first kappa shape index (κ1) is 13.1. The Morgan fingerprint density at radius 1 is 1.00 bits per heavy atom. The molecule has 0 heterocycles. The van der Waals surface area contributed by atoms with Gasteiger partial charge in [-0.2, -0.15) is 0 Å². The second-order valence-corrected chi connectivity index (χ2v) is 3.39. The van der Waals surface area contributed by atoms with Crippen molar-refractivity contribution in [3.8, 4) is 17.2 Å². The van der Waals surface area contributed by atoms with E-state index in [0.29, 0.717) is 17.2 Å². The van der Waals surface area contributed by atoms with Crippen LogP contribution in [0.5, 0.6) is 17.2 Å². The van der Waals surface area contributed by atoms with Gasteiger partial charge in [-0.1, -0.05) is 0 Å². The highest BCUT2D eigenvalue weighted by Gasteiger charge is 2.09. The summed E-state index contributed by atoms with van der Waals surface area (Å²) in [4.78, 5) is 10.9. The average Bonchev–Trinajstić information content (AvgIpc) is 2.34. The summed E-state index contributed by atoms with van der Waals surface area (Å²) in [5.41, 5.74) is 0.764. The molecule has 4 heteroatoms. The molecule has 0 radical (unpaired) electrons. The fraction of sp³-hybridized carbons (Fsp3) is 0.308. The van der Waals surface area contributed by atoms with Crippen LogP contribution in [0.4, 0.5) is 0 Å². The fourth-order valence-corrected chi connectivity index (χ4v) is 1.39. The van der Waals surface area contributed by atoms with E-state index in [4.69, 9.17) is 14.2 Å². The van der Waals surface area contributed by atoms with Crippen LogP contribution < -0.4 is 14.2 Å². The van der Waals surface area contributed by atoms with E-state index in [1.54, 1.807) is 39.5 Å². The van der Waals surface area contributed by atoms with E-state index >= 15 is 0 Å². The molecule has 0 N–H and O–H groups in total. The highest BCUT2D eigenvalue weighted by atomic mass is 16.5. The lowest BCUT2D eigenvalue weighted by atomic mass is 10.1. The van der Waals surface area contributed by atoms with Crippen LogP contribution in [-0.2, 0) is 4.79 Å². The predicted molar refractivity (Wildman–Crippen MR) is 65.8 cm³/mol. The summed E-state index contributed by atoms with van der Waals surface area (Å²) in [5.74, 6) is 1.78. The van der Waals surface area contributed by atoms with E-state index in [1.165, 1.54) is 13.0 Å². The van der Waals surface area contributed by atoms with E-state index in [2.05, 4.69) is 0 Å². The van der Waals surface area contributed by atoms with Gasteiger partial charge in [-0.3, -0.25) is 4.79 Å². The van der Waals surface area contributed by atoms with Gasteiger partial charge in [-0.15, -0.1) is 0 Å². The molecule has 4 nitrogen and oxygen atoms in total. The molecule has 0 amide bonds. The molecule has 0 aliphatic heterocycles. The highest BCUT2D eigenvalue weighted by molar-refractivity contribution is 5.92. The van der Waals surface area contributed by atoms with E-state index < -0.39 is 0 Å². The number of hydrogen-bond acceptors (Lipinski definition) is 4. The molecule has 17 heavy (non-hydrogen) atoms. The number of carbonyl (C=O) groups is 1. The monoisotopic (exact) mass is 236 g/mol. The van der Waals surface area contributed by atoms with Gasteiger partial charge in [0, 0.05) is 11.6 Å². The Labute approximate surface area is 101 Å². The van der Waals surface area contributed by atoms with Gasteiger partial charge >= 0.3 is 0 Å². The number of rotatable bonds is 5. The van der Waals surface area contributed by atoms with Crippen molar-refractivity contribution < 1.29 is 19.0 Å². The van der Waals surface area contributed by atoms with Crippen LogP contribution in [0.25, 0.3) is 6.08 Å². The first-order chi connectivity index (χ1) is 8.12. The molecule has 1 aromatic rings. The van der Waals surface area contributed by atoms with Crippen molar-refractivity contribution >= 4 is 11.9 Å². The molecule has 0 aliphatic rings. The quantitative estimate of drug-likeness (QED) is 0.736. The fourth-order valence-electron chi connectivity index (χ4n) is 1.39. The van der Waals surface area contributed by atoms with Crippen molar-refractivity contribution in [1.82, 2.24) is 0 Å². The summed E-state index contributed by atoms with van der Waals surface area (Å²) < 4.78 is 15.6. The molecule has 0 aromatic heterocycles. The van der Waals surface area contributed by atoms with Crippen molar-refractivity contribution in [1.29, 1.82) is 0 Å². The molecule has 0 aliphatic carbocycles. The topological polar surface area (TPSA) is 44.8 Å². The number of carbonyl (C=O) groups excluding carboxylic acids is 1. The van der Waals surface area contributed by atoms with Crippen LogP contribution in [0, 0.1) is 0 Å². The highest BCUT2D eigenvalue weighted by Crippen LogP contribution is 2.35. The summed E-state index contributed by atoms with van der Waals surface area (Å²) >= 11 is 0. The lowest BCUT2D eigenvalue weighted by Crippen LogP contribution is -1.94. The van der Waals surface area contributed by atoms with E-state index in [0.717, 1.165) is 5.56 Å². The van der Waals surface area contributed by atoms with Crippen LogP contribution >= 0.6 is 0 Å². The maximum Gasteiger partial charge on any atom is 0.164 e. The van der Waals surface area contributed by atoms with Gasteiger partial charge in [-0.05, 0) is 25.1 Å². The summed E-state index contributed by atoms with van der Waals surface area (Å²) in [7, 11) is 4.68. The summed E-state index contributed by atoms with van der Waals surface area (Å²) in [5, 5.41) is 0. The summed E-state index contributed by atoms with van der Waals surface area (Å²) in [6, 6.07) is 3.48. The number of allylic oxidation sites excluding steroid dienone is 1. The van der Waals surface area contributed by atoms with Gasteiger partial charge in [-0.25, -0.2) is 0 Å². The normalized spacial score (nSPS) is 10.4. The summed E-state index contributed by atoms with van der Waals surface area (Å²) in [6.45, 7) is 1.49. The number of ether oxygens (including phenoxy) is 3. The number of benzene rings is 1. The Bertz CT molecular complexity index is 435. The zero-order chi connectivity index (χ0) is 12.8. The van der Waals surface area contributed by atoms with E-state index in [-0.39, 0.29) is 5.78 Å². The van der Waals surface area contributed by atoms with Crippen molar-refractivity contribution in [3.05, 3.63) is 23.8 Å². The van der Waals surface area contributed by atoms with Crippen LogP contribution in [0.2, 0.25) is 0 Å². The van der Waals surface area contributed by atoms with Crippen molar-refractivity contribution in [2.75, 3.05) is 21.3 Å². The molecule has 0 unspecified atom stereocenters. The molecular weight excluding hydrogens is 220 g/mol. The molecule has 0 atom stereocenters. The van der Waals surface area contributed by atoms with Crippen LogP contribution in [0.1, 0.15) is 12.5 Å². The SMILES string of the molecule is COc1cc(OC)c(OC)cc1C=CC(C)=O. The van der Waals surface area contributed by atoms with E-state index in [1.807, 2.05) is 0 Å². The Balaban J connectivity index is 3.23. The Kier molecular flexibility index (Phi) is 4.57. The molecule has 92 valence electrons. The van der Waals surface area contributed by atoms with E-state index in [9.17, 15) is 4.79 Å². The van der Waals surface area contributed by atoms with Crippen molar-refractivity contribution in [2.45, 2.75) is 6.92 Å². The average molecular weight is 236 g/mol. The molecule has 0 saturated heterocycles. The molecule has 0 saturated carbocycles. The number of hydrogen-bond donors (Lipinski definition) is 0. The zero-order valence-electron chi connectivity index (χ0n) is 10.4. The minimum atomic E-state index is -0.0261. The van der Waals surface area contributed by atoms with Crippen molar-refractivity contribution in [2.24, 2.45) is 0 Å². The largest absolute Gasteiger partial charge is 0.496 e. The van der Waals surface area contributed by atoms with Crippen LogP contribution in [-0.4, -0.2) is 27.1 Å². The minimum absolute atomic E-state index is 0.0261. The van der Waals surface area contributed by atoms with Gasteiger partial charge < -0.3 is 14.2 Å². The maximum absolute atomic E-state index is 10.9. The molecule has 1 aromatic carbocycles. The molecule has 0 bridgehead atoms. The Morgan fingerprint density at radius 2 is 1.53 bits per heavy atom. The minimum Gasteiger partial charge on any atom is -0.496 e. The molecular formula is C13H16O4. The lowest BCUT2D eigenvalue weighted by molar-refractivity contribution is -0.112. The zero-order valence-corrected chi connectivity index (χ0v) is 10.4. The third-order valence-electron chi connectivity index (χ3n) is 2.23. The predicted octanol–water partition coefficient (Wildman–Crippen LogP) is 2.31. The first-order valence-electron chi connectivity index (χ1n) is 5.11. The van der Waals surface area contributed by atoms with Gasteiger partial charge in [0.15, 0.2) is 17.3 Å². The molecule has 0 fully saturated rings. The van der Waals surface area contributed by atoms with Crippen LogP contribution in [0.3, 0.4) is 0 Å². The van der Waals surface area contributed by atoms with Gasteiger partial charge in [0.25, 0.3) is 0 Å². The first-order valence-corrected chi connectivity index (χ1v) is 5.11. The third-order valence-corrected chi connectivity index (χ3v) is 2.23. The molecule has 1 rings (SSSR count). The third kappa shape index (κ3) is 3.24. The van der Waals surface area contributed by atoms with Crippen molar-refractivity contribution in [3.63, 3.8) is 0 Å². The lowest BCUT2D eigenvalue weighted by Gasteiger charge is -2.11. The Morgan fingerprint density at radius 3 is 2.00 bits per heavy atom. The van der Waals surface area contributed by atoms with Crippen LogP contribution in [0.15, 0.2) is 18.2 Å². The number of methoxy groups -OCH3 is 3. The summed E-state index contributed by atoms with van der Waals surface area (Å²) in [6.07, 6.45) is 3.16. The maximum atomic E-state index is 10.9. The second kappa shape index (κ2) is 5.94. The molecule has 0 spiro atoms. The van der Waals surface area contributed by atoms with Gasteiger partial charge in [0.1, 0.15) is 5.75 Å². The standard InChI is InChI=1S/C13H16O4/c1-9(14)5-6-10-7-12(16-3)13(17-4)8-11(10)15-2/h5-8H,1-4H3. The smallest absolute Gasteiger partial charge is 0.164 e. The number of ketones is 1.